The Morgan fingerprint density at radius 1 is 1.56 bits per heavy atom. The Balaban J connectivity index is 3.03. The number of nitrogens with zero attached hydrogens (tertiary/aromatic N) is 1. The number of anilines is 1. The second-order valence-electron chi connectivity index (χ2n) is 3.66. The van der Waals surface area contributed by atoms with Crippen molar-refractivity contribution in [3.05, 3.63) is 33.9 Å². The molecule has 16 heavy (non-hydrogen) atoms. The number of aliphatic hydroxyl groups is 1. The van der Waals surface area contributed by atoms with Crippen LogP contribution in [0.1, 0.15) is 18.9 Å². The van der Waals surface area contributed by atoms with Crippen LogP contribution in [0.15, 0.2) is 18.2 Å². The molecule has 0 heterocycles. The van der Waals surface area contributed by atoms with Crippen LogP contribution in [0.2, 0.25) is 0 Å². The third-order valence-electron chi connectivity index (χ3n) is 2.49. The number of nitro groups is 1. The van der Waals surface area contributed by atoms with E-state index >= 15 is 0 Å². The Morgan fingerprint density at radius 3 is 2.75 bits per heavy atom. The number of para-hydroxylation sites is 1. The lowest BCUT2D eigenvalue weighted by Crippen LogP contribution is -2.23. The van der Waals surface area contributed by atoms with E-state index in [4.69, 9.17) is 5.11 Å². The molecule has 88 valence electrons. The van der Waals surface area contributed by atoms with Crippen LogP contribution in [-0.2, 0) is 0 Å². The third-order valence-corrected chi connectivity index (χ3v) is 2.49. The van der Waals surface area contributed by atoms with E-state index in [-0.39, 0.29) is 18.3 Å². The van der Waals surface area contributed by atoms with E-state index in [1.165, 1.54) is 0 Å². The zero-order valence-electron chi connectivity index (χ0n) is 9.43. The summed E-state index contributed by atoms with van der Waals surface area (Å²) in [4.78, 5) is 10.5. The average Bonchev–Trinajstić information content (AvgIpc) is 2.25. The molecule has 5 nitrogen and oxygen atoms in total. The topological polar surface area (TPSA) is 75.4 Å². The molecular formula is C11H16N2O3. The first-order valence-electron chi connectivity index (χ1n) is 5.21. The Bertz CT molecular complexity index is 375. The third kappa shape index (κ3) is 2.70. The number of aliphatic hydroxyl groups excluding tert-OH is 1. The number of hydrogen-bond acceptors (Lipinski definition) is 4. The molecule has 1 atom stereocenters. The van der Waals surface area contributed by atoms with Gasteiger partial charge in [0.15, 0.2) is 0 Å². The van der Waals surface area contributed by atoms with Crippen molar-refractivity contribution in [3.63, 3.8) is 0 Å². The van der Waals surface area contributed by atoms with E-state index in [9.17, 15) is 10.1 Å². The average molecular weight is 224 g/mol. The summed E-state index contributed by atoms with van der Waals surface area (Å²) in [5.41, 5.74) is 1.16. The smallest absolute Gasteiger partial charge is 0.295 e. The van der Waals surface area contributed by atoms with Crippen LogP contribution in [0, 0.1) is 17.0 Å². The Kier molecular flexibility index (Phi) is 4.25. The largest absolute Gasteiger partial charge is 0.394 e. The van der Waals surface area contributed by atoms with Crippen LogP contribution in [0.25, 0.3) is 0 Å². The van der Waals surface area contributed by atoms with Gasteiger partial charge in [-0.3, -0.25) is 10.1 Å². The molecule has 0 aliphatic rings. The molecule has 1 aromatic carbocycles. The van der Waals surface area contributed by atoms with Crippen molar-refractivity contribution in [2.24, 2.45) is 0 Å². The Labute approximate surface area is 94.3 Å². The number of benzene rings is 1. The molecule has 1 unspecified atom stereocenters. The van der Waals surface area contributed by atoms with Gasteiger partial charge in [-0.15, -0.1) is 0 Å². The molecular weight excluding hydrogens is 208 g/mol. The second kappa shape index (κ2) is 5.46. The van der Waals surface area contributed by atoms with E-state index in [0.717, 1.165) is 0 Å². The summed E-state index contributed by atoms with van der Waals surface area (Å²) in [6.07, 6.45) is 0.710. The summed E-state index contributed by atoms with van der Waals surface area (Å²) in [6.45, 7) is 3.57. The van der Waals surface area contributed by atoms with Crippen molar-refractivity contribution < 1.29 is 10.0 Å². The molecule has 0 saturated carbocycles. The summed E-state index contributed by atoms with van der Waals surface area (Å²) < 4.78 is 0. The molecule has 0 amide bonds. The minimum Gasteiger partial charge on any atom is -0.394 e. The molecule has 1 rings (SSSR count). The number of nitro benzene ring substituents is 1. The Hall–Kier alpha value is -1.62. The predicted octanol–water partition coefficient (Wildman–Crippen LogP) is 2.09. The van der Waals surface area contributed by atoms with Crippen molar-refractivity contribution in [2.75, 3.05) is 11.9 Å². The highest BCUT2D eigenvalue weighted by atomic mass is 16.6. The van der Waals surface area contributed by atoms with Gasteiger partial charge in [0, 0.05) is 11.6 Å². The molecule has 0 saturated heterocycles. The number of nitrogens with one attached hydrogen (secondary N) is 1. The minimum atomic E-state index is -0.401. The van der Waals surface area contributed by atoms with Gasteiger partial charge in [-0.05, 0) is 19.4 Å². The first kappa shape index (κ1) is 12.4. The first-order valence-corrected chi connectivity index (χ1v) is 5.21. The molecule has 1 aromatic rings. The lowest BCUT2D eigenvalue weighted by molar-refractivity contribution is -0.384. The van der Waals surface area contributed by atoms with E-state index in [1.807, 2.05) is 6.92 Å². The molecule has 0 aliphatic carbocycles. The molecule has 0 fully saturated rings. The first-order chi connectivity index (χ1) is 7.60. The highest BCUT2D eigenvalue weighted by molar-refractivity contribution is 5.65. The maximum atomic E-state index is 10.9. The lowest BCUT2D eigenvalue weighted by Gasteiger charge is -2.15. The minimum absolute atomic E-state index is 0.0401. The van der Waals surface area contributed by atoms with Gasteiger partial charge in [0.1, 0.15) is 5.69 Å². The van der Waals surface area contributed by atoms with Crippen LogP contribution in [0.5, 0.6) is 0 Å². The standard InChI is InChI=1S/C11H16N2O3/c1-3-9(7-14)12-10-6-4-5-8(2)11(10)13(15)16/h4-6,9,12,14H,3,7H2,1-2H3. The fourth-order valence-electron chi connectivity index (χ4n) is 1.51. The number of aryl methyl sites for hydroxylation is 1. The zero-order chi connectivity index (χ0) is 12.1. The van der Waals surface area contributed by atoms with Gasteiger partial charge >= 0.3 is 0 Å². The molecule has 2 N–H and O–H groups in total. The van der Waals surface area contributed by atoms with Crippen LogP contribution in [0.3, 0.4) is 0 Å². The summed E-state index contributed by atoms with van der Waals surface area (Å²) in [5.74, 6) is 0. The van der Waals surface area contributed by atoms with Crippen molar-refractivity contribution in [1.82, 2.24) is 0 Å². The molecule has 0 spiro atoms. The summed E-state index contributed by atoms with van der Waals surface area (Å²) in [7, 11) is 0. The van der Waals surface area contributed by atoms with E-state index in [1.54, 1.807) is 25.1 Å². The molecule has 0 radical (unpaired) electrons. The van der Waals surface area contributed by atoms with Crippen LogP contribution in [0.4, 0.5) is 11.4 Å². The Morgan fingerprint density at radius 2 is 2.25 bits per heavy atom. The maximum absolute atomic E-state index is 10.9. The maximum Gasteiger partial charge on any atom is 0.295 e. The lowest BCUT2D eigenvalue weighted by atomic mass is 10.1. The fourth-order valence-corrected chi connectivity index (χ4v) is 1.51. The highest BCUT2D eigenvalue weighted by Crippen LogP contribution is 2.28. The monoisotopic (exact) mass is 224 g/mol. The second-order valence-corrected chi connectivity index (χ2v) is 3.66. The summed E-state index contributed by atoms with van der Waals surface area (Å²) in [5, 5.41) is 22.9. The van der Waals surface area contributed by atoms with Crippen molar-refractivity contribution >= 4 is 11.4 Å². The SMILES string of the molecule is CCC(CO)Nc1cccc(C)c1[N+](=O)[O-]. The summed E-state index contributed by atoms with van der Waals surface area (Å²) >= 11 is 0. The normalized spacial score (nSPS) is 12.2. The van der Waals surface area contributed by atoms with Crippen LogP contribution in [-0.4, -0.2) is 22.7 Å². The number of rotatable bonds is 5. The van der Waals surface area contributed by atoms with Crippen molar-refractivity contribution in [2.45, 2.75) is 26.3 Å². The quantitative estimate of drug-likeness (QED) is 0.593. The van der Waals surface area contributed by atoms with Crippen molar-refractivity contribution in [3.8, 4) is 0 Å². The number of hydrogen-bond donors (Lipinski definition) is 2. The fraction of sp³-hybridized carbons (Fsp3) is 0.455. The van der Waals surface area contributed by atoms with E-state index in [0.29, 0.717) is 17.7 Å². The predicted molar refractivity (Wildman–Crippen MR) is 62.6 cm³/mol. The highest BCUT2D eigenvalue weighted by Gasteiger charge is 2.18. The van der Waals surface area contributed by atoms with Gasteiger partial charge in [-0.1, -0.05) is 19.1 Å². The van der Waals surface area contributed by atoms with Crippen LogP contribution < -0.4 is 5.32 Å². The van der Waals surface area contributed by atoms with Gasteiger partial charge in [-0.2, -0.15) is 0 Å². The van der Waals surface area contributed by atoms with Gasteiger partial charge in [0.25, 0.3) is 5.69 Å². The summed E-state index contributed by atoms with van der Waals surface area (Å²) in [6, 6.07) is 4.96. The van der Waals surface area contributed by atoms with E-state index < -0.39 is 4.92 Å². The molecule has 0 bridgehead atoms. The zero-order valence-corrected chi connectivity index (χ0v) is 9.43. The molecule has 0 aliphatic heterocycles. The van der Waals surface area contributed by atoms with Crippen LogP contribution >= 0.6 is 0 Å². The van der Waals surface area contributed by atoms with Gasteiger partial charge in [0.2, 0.25) is 0 Å². The van der Waals surface area contributed by atoms with Gasteiger partial charge in [0.05, 0.1) is 11.5 Å². The van der Waals surface area contributed by atoms with Gasteiger partial charge < -0.3 is 10.4 Å². The van der Waals surface area contributed by atoms with Crippen molar-refractivity contribution in [1.29, 1.82) is 0 Å². The molecule has 0 aromatic heterocycles. The van der Waals surface area contributed by atoms with E-state index in [2.05, 4.69) is 5.32 Å². The van der Waals surface area contributed by atoms with Gasteiger partial charge in [-0.25, -0.2) is 0 Å². The molecule has 5 heteroatoms.